The van der Waals surface area contributed by atoms with E-state index < -0.39 is 24.6 Å². The monoisotopic (exact) mass is 180 g/mol. The van der Waals surface area contributed by atoms with Gasteiger partial charge in [0.2, 0.25) is 6.43 Å². The first-order valence-corrected chi connectivity index (χ1v) is 4.11. The fourth-order valence-corrected chi connectivity index (χ4v) is 1.61. The van der Waals surface area contributed by atoms with Gasteiger partial charge in [-0.2, -0.15) is 0 Å². The number of rotatable bonds is 1. The van der Waals surface area contributed by atoms with Crippen LogP contribution in [0.2, 0.25) is 0 Å². The van der Waals surface area contributed by atoms with Crippen LogP contribution in [0.5, 0.6) is 0 Å². The van der Waals surface area contributed by atoms with E-state index in [2.05, 4.69) is 0 Å². The van der Waals surface area contributed by atoms with Gasteiger partial charge in [-0.25, -0.2) is 8.78 Å². The fourth-order valence-electron chi connectivity index (χ4n) is 1.61. The van der Waals surface area contributed by atoms with E-state index in [1.807, 2.05) is 0 Å². The number of halogens is 2. The molecule has 1 rings (SSSR count). The molecule has 0 saturated carbocycles. The number of hydrogen-bond donors (Lipinski definition) is 0. The zero-order valence-corrected chi connectivity index (χ0v) is 7.46. The Bertz CT molecular complexity index is 140. The van der Waals surface area contributed by atoms with E-state index in [1.54, 1.807) is 20.8 Å². The molecule has 72 valence electrons. The lowest BCUT2D eigenvalue weighted by Gasteiger charge is -2.37. The molecule has 2 unspecified atom stereocenters. The van der Waals surface area contributed by atoms with E-state index in [4.69, 9.17) is 9.47 Å². The Kier molecular flexibility index (Phi) is 3.01. The van der Waals surface area contributed by atoms with Crippen LogP contribution < -0.4 is 0 Å². The second kappa shape index (κ2) is 3.66. The molecule has 2 nitrogen and oxygen atoms in total. The topological polar surface area (TPSA) is 18.5 Å². The van der Waals surface area contributed by atoms with E-state index in [0.717, 1.165) is 0 Å². The molecule has 1 saturated heterocycles. The Morgan fingerprint density at radius 1 is 1.00 bits per heavy atom. The summed E-state index contributed by atoms with van der Waals surface area (Å²) in [5, 5.41) is 0. The van der Waals surface area contributed by atoms with Crippen molar-refractivity contribution in [1.29, 1.82) is 0 Å². The molecule has 0 N–H and O–H groups in total. The first kappa shape index (κ1) is 9.86. The van der Waals surface area contributed by atoms with Crippen LogP contribution in [0.1, 0.15) is 20.8 Å². The molecule has 1 fully saturated rings. The van der Waals surface area contributed by atoms with E-state index in [9.17, 15) is 8.78 Å². The molecular weight excluding hydrogens is 166 g/mol. The summed E-state index contributed by atoms with van der Waals surface area (Å²) in [6.07, 6.45) is -3.60. The lowest BCUT2D eigenvalue weighted by Crippen LogP contribution is -2.45. The lowest BCUT2D eigenvalue weighted by atomic mass is 9.97. The van der Waals surface area contributed by atoms with Gasteiger partial charge < -0.3 is 9.47 Å². The van der Waals surface area contributed by atoms with Crippen LogP contribution in [0.4, 0.5) is 8.78 Å². The molecule has 0 bridgehead atoms. The molecule has 1 aliphatic heterocycles. The van der Waals surface area contributed by atoms with Crippen molar-refractivity contribution < 1.29 is 18.3 Å². The maximum absolute atomic E-state index is 12.4. The van der Waals surface area contributed by atoms with Crippen LogP contribution in [0.25, 0.3) is 0 Å². The summed E-state index contributed by atoms with van der Waals surface area (Å²) in [5.41, 5.74) is 0. The average Bonchev–Trinajstić information content (AvgIpc) is 1.82. The van der Waals surface area contributed by atoms with Gasteiger partial charge in [-0.1, -0.05) is 0 Å². The molecule has 0 aromatic carbocycles. The quantitative estimate of drug-likeness (QED) is 0.614. The Morgan fingerprint density at radius 3 is 1.75 bits per heavy atom. The summed E-state index contributed by atoms with van der Waals surface area (Å²) in [5.74, 6) is -0.804. The molecule has 1 heterocycles. The van der Waals surface area contributed by atoms with Gasteiger partial charge in [0.15, 0.2) is 6.29 Å². The van der Waals surface area contributed by atoms with Crippen LogP contribution in [0, 0.1) is 5.92 Å². The first-order chi connectivity index (χ1) is 5.52. The molecular formula is C8H14F2O2. The standard InChI is InChI=1S/C8H14F2O2/c1-4-7(8(9)10)5(2)12-6(3)11-4/h4-8H,1-3H3. The molecule has 0 aliphatic carbocycles. The van der Waals surface area contributed by atoms with Gasteiger partial charge in [-0.05, 0) is 20.8 Å². The SMILES string of the molecule is CC1OC(C)C(C(F)F)C(C)O1. The molecule has 1 aliphatic rings. The van der Waals surface area contributed by atoms with Crippen molar-refractivity contribution >= 4 is 0 Å². The normalized spacial score (nSPS) is 43.5. The van der Waals surface area contributed by atoms with E-state index >= 15 is 0 Å². The molecule has 0 amide bonds. The van der Waals surface area contributed by atoms with Crippen LogP contribution in [-0.4, -0.2) is 24.9 Å². The minimum Gasteiger partial charge on any atom is -0.349 e. The third-order valence-corrected chi connectivity index (χ3v) is 2.19. The number of ether oxygens (including phenoxy) is 2. The predicted molar refractivity (Wildman–Crippen MR) is 40.1 cm³/mol. The summed E-state index contributed by atoms with van der Waals surface area (Å²) < 4.78 is 35.0. The molecule has 0 aromatic heterocycles. The molecule has 12 heavy (non-hydrogen) atoms. The zero-order valence-electron chi connectivity index (χ0n) is 7.46. The van der Waals surface area contributed by atoms with Crippen molar-refractivity contribution in [2.24, 2.45) is 5.92 Å². The highest BCUT2D eigenvalue weighted by Gasteiger charge is 2.38. The molecule has 0 aromatic rings. The lowest BCUT2D eigenvalue weighted by molar-refractivity contribution is -0.269. The Morgan fingerprint density at radius 2 is 1.42 bits per heavy atom. The van der Waals surface area contributed by atoms with Gasteiger partial charge in [0.25, 0.3) is 0 Å². The van der Waals surface area contributed by atoms with Crippen LogP contribution in [-0.2, 0) is 9.47 Å². The van der Waals surface area contributed by atoms with Crippen molar-refractivity contribution in [3.63, 3.8) is 0 Å². The van der Waals surface area contributed by atoms with Crippen molar-refractivity contribution in [3.8, 4) is 0 Å². The van der Waals surface area contributed by atoms with Crippen LogP contribution in [0.3, 0.4) is 0 Å². The second-order valence-electron chi connectivity index (χ2n) is 3.16. The summed E-state index contributed by atoms with van der Waals surface area (Å²) in [6.45, 7) is 5.04. The summed E-state index contributed by atoms with van der Waals surface area (Å²) in [7, 11) is 0. The van der Waals surface area contributed by atoms with Crippen molar-refractivity contribution in [3.05, 3.63) is 0 Å². The summed E-state index contributed by atoms with van der Waals surface area (Å²) >= 11 is 0. The largest absolute Gasteiger partial charge is 0.349 e. The highest BCUT2D eigenvalue weighted by molar-refractivity contribution is 4.78. The van der Waals surface area contributed by atoms with Gasteiger partial charge in [0.1, 0.15) is 0 Å². The van der Waals surface area contributed by atoms with Crippen molar-refractivity contribution in [1.82, 2.24) is 0 Å². The average molecular weight is 180 g/mol. The maximum atomic E-state index is 12.4. The molecule has 0 radical (unpaired) electrons. The minimum atomic E-state index is -2.37. The maximum Gasteiger partial charge on any atom is 0.246 e. The Labute approximate surface area is 70.8 Å². The first-order valence-electron chi connectivity index (χ1n) is 4.11. The van der Waals surface area contributed by atoms with E-state index in [-0.39, 0.29) is 6.29 Å². The highest BCUT2D eigenvalue weighted by Crippen LogP contribution is 2.29. The molecule has 2 atom stereocenters. The summed E-state index contributed by atoms with van der Waals surface area (Å²) in [6, 6.07) is 0. The van der Waals surface area contributed by atoms with Gasteiger partial charge in [-0.15, -0.1) is 0 Å². The Hall–Kier alpha value is -0.220. The van der Waals surface area contributed by atoms with Crippen molar-refractivity contribution in [2.45, 2.75) is 45.7 Å². The Balaban J connectivity index is 2.60. The van der Waals surface area contributed by atoms with Crippen LogP contribution in [0.15, 0.2) is 0 Å². The van der Waals surface area contributed by atoms with Crippen molar-refractivity contribution in [2.75, 3.05) is 0 Å². The fraction of sp³-hybridized carbons (Fsp3) is 1.00. The van der Waals surface area contributed by atoms with E-state index in [1.165, 1.54) is 0 Å². The minimum absolute atomic E-state index is 0.370. The smallest absolute Gasteiger partial charge is 0.246 e. The van der Waals surface area contributed by atoms with Crippen LogP contribution >= 0.6 is 0 Å². The predicted octanol–water partition coefficient (Wildman–Crippen LogP) is 2.04. The molecule has 4 heteroatoms. The van der Waals surface area contributed by atoms with Gasteiger partial charge in [-0.3, -0.25) is 0 Å². The third kappa shape index (κ3) is 1.93. The second-order valence-corrected chi connectivity index (χ2v) is 3.16. The highest BCUT2D eigenvalue weighted by atomic mass is 19.3. The van der Waals surface area contributed by atoms with Gasteiger partial charge in [0, 0.05) is 0 Å². The van der Waals surface area contributed by atoms with E-state index in [0.29, 0.717) is 0 Å². The third-order valence-electron chi connectivity index (χ3n) is 2.19. The van der Waals surface area contributed by atoms with Gasteiger partial charge in [0.05, 0.1) is 18.1 Å². The number of alkyl halides is 2. The summed E-state index contributed by atoms with van der Waals surface area (Å²) in [4.78, 5) is 0. The van der Waals surface area contributed by atoms with Gasteiger partial charge >= 0.3 is 0 Å². The number of hydrogen-bond acceptors (Lipinski definition) is 2. The molecule has 0 spiro atoms. The zero-order chi connectivity index (χ0) is 9.30.